The van der Waals surface area contributed by atoms with Crippen LogP contribution < -0.4 is 5.73 Å². The summed E-state index contributed by atoms with van der Waals surface area (Å²) < 4.78 is 18.0. The van der Waals surface area contributed by atoms with Gasteiger partial charge in [0.1, 0.15) is 18.1 Å². The molecule has 0 aliphatic carbocycles. The summed E-state index contributed by atoms with van der Waals surface area (Å²) in [5, 5.41) is -0.0147. The molecule has 1 aromatic heterocycles. The second-order valence-corrected chi connectivity index (χ2v) is 4.21. The topological polar surface area (TPSA) is 65.2 Å². The van der Waals surface area contributed by atoms with Gasteiger partial charge in [0.05, 0.1) is 16.9 Å². The first-order valence-corrected chi connectivity index (χ1v) is 5.76. The molecule has 0 saturated heterocycles. The minimum atomic E-state index is -0.583. The van der Waals surface area contributed by atoms with Crippen molar-refractivity contribution in [2.45, 2.75) is 6.61 Å². The van der Waals surface area contributed by atoms with E-state index in [0.29, 0.717) is 11.3 Å². The van der Waals surface area contributed by atoms with Crippen LogP contribution >= 0.6 is 11.6 Å². The Morgan fingerprint density at radius 3 is 2.79 bits per heavy atom. The predicted molar refractivity (Wildman–Crippen MR) is 69.2 cm³/mol. The van der Waals surface area contributed by atoms with Crippen LogP contribution in [-0.4, -0.2) is 11.0 Å². The molecule has 0 fully saturated rings. The molecule has 0 unspecified atom stereocenters. The lowest BCUT2D eigenvalue weighted by Gasteiger charge is -2.05. The first-order valence-electron chi connectivity index (χ1n) is 5.39. The van der Waals surface area contributed by atoms with Crippen molar-refractivity contribution in [3.05, 3.63) is 58.6 Å². The zero-order chi connectivity index (χ0) is 13.8. The summed E-state index contributed by atoms with van der Waals surface area (Å²) in [4.78, 5) is 15.5. The number of benzene rings is 1. The SMILES string of the molecule is Nc1ccc(C(=O)OCc2ccc(F)c(Cl)c2)nc1. The van der Waals surface area contributed by atoms with Crippen molar-refractivity contribution in [3.8, 4) is 0 Å². The molecule has 0 bridgehead atoms. The largest absolute Gasteiger partial charge is 0.456 e. The fourth-order valence-corrected chi connectivity index (χ4v) is 1.58. The zero-order valence-corrected chi connectivity index (χ0v) is 10.5. The Bertz CT molecular complexity index is 602. The highest BCUT2D eigenvalue weighted by Crippen LogP contribution is 2.16. The summed E-state index contributed by atoms with van der Waals surface area (Å²) in [7, 11) is 0. The van der Waals surface area contributed by atoms with E-state index in [2.05, 4.69) is 4.98 Å². The second kappa shape index (κ2) is 5.67. The van der Waals surface area contributed by atoms with Crippen LogP contribution in [0.4, 0.5) is 10.1 Å². The summed E-state index contributed by atoms with van der Waals surface area (Å²) in [6.07, 6.45) is 1.37. The van der Waals surface area contributed by atoms with Gasteiger partial charge in [0, 0.05) is 0 Å². The first kappa shape index (κ1) is 13.3. The quantitative estimate of drug-likeness (QED) is 0.878. The fourth-order valence-electron chi connectivity index (χ4n) is 1.38. The summed E-state index contributed by atoms with van der Waals surface area (Å²) in [6, 6.07) is 7.13. The normalized spacial score (nSPS) is 10.2. The monoisotopic (exact) mass is 280 g/mol. The van der Waals surface area contributed by atoms with Gasteiger partial charge in [-0.1, -0.05) is 17.7 Å². The van der Waals surface area contributed by atoms with E-state index >= 15 is 0 Å². The Balaban J connectivity index is 2.00. The van der Waals surface area contributed by atoms with Gasteiger partial charge in [0.2, 0.25) is 0 Å². The highest BCUT2D eigenvalue weighted by Gasteiger charge is 2.09. The van der Waals surface area contributed by atoms with Gasteiger partial charge in [-0.2, -0.15) is 0 Å². The lowest BCUT2D eigenvalue weighted by Crippen LogP contribution is -2.07. The summed E-state index contributed by atoms with van der Waals surface area (Å²) >= 11 is 5.62. The van der Waals surface area contributed by atoms with E-state index in [-0.39, 0.29) is 17.3 Å². The van der Waals surface area contributed by atoms with Crippen LogP contribution in [0.25, 0.3) is 0 Å². The Labute approximate surface area is 114 Å². The van der Waals surface area contributed by atoms with Crippen LogP contribution in [0.3, 0.4) is 0 Å². The number of halogens is 2. The molecule has 0 amide bonds. The maximum atomic E-state index is 12.9. The van der Waals surface area contributed by atoms with Crippen molar-refractivity contribution >= 4 is 23.3 Å². The average Bonchev–Trinajstić information content (AvgIpc) is 2.40. The van der Waals surface area contributed by atoms with E-state index in [1.54, 1.807) is 6.07 Å². The van der Waals surface area contributed by atoms with E-state index in [4.69, 9.17) is 22.1 Å². The number of carbonyl (C=O) groups is 1. The van der Waals surface area contributed by atoms with Crippen molar-refractivity contribution in [1.29, 1.82) is 0 Å². The van der Waals surface area contributed by atoms with E-state index in [1.165, 1.54) is 30.5 Å². The number of carbonyl (C=O) groups excluding carboxylic acids is 1. The van der Waals surface area contributed by atoms with Crippen LogP contribution in [0.2, 0.25) is 5.02 Å². The van der Waals surface area contributed by atoms with Crippen molar-refractivity contribution in [2.24, 2.45) is 0 Å². The molecule has 6 heteroatoms. The van der Waals surface area contributed by atoms with E-state index in [0.717, 1.165) is 0 Å². The minimum Gasteiger partial charge on any atom is -0.456 e. The molecule has 4 nitrogen and oxygen atoms in total. The van der Waals surface area contributed by atoms with Crippen molar-refractivity contribution in [3.63, 3.8) is 0 Å². The number of rotatable bonds is 3. The van der Waals surface area contributed by atoms with Gasteiger partial charge in [0.15, 0.2) is 0 Å². The molecule has 0 aliphatic heterocycles. The first-order chi connectivity index (χ1) is 9.06. The lowest BCUT2D eigenvalue weighted by molar-refractivity contribution is 0.0466. The van der Waals surface area contributed by atoms with Gasteiger partial charge in [-0.15, -0.1) is 0 Å². The molecular weight excluding hydrogens is 271 g/mol. The van der Waals surface area contributed by atoms with Gasteiger partial charge in [-0.25, -0.2) is 14.2 Å². The average molecular weight is 281 g/mol. The highest BCUT2D eigenvalue weighted by molar-refractivity contribution is 6.30. The Hall–Kier alpha value is -2.14. The molecule has 1 aromatic carbocycles. The fraction of sp³-hybridized carbons (Fsp3) is 0.0769. The zero-order valence-electron chi connectivity index (χ0n) is 9.77. The molecule has 0 aliphatic rings. The highest BCUT2D eigenvalue weighted by atomic mass is 35.5. The van der Waals surface area contributed by atoms with E-state index < -0.39 is 11.8 Å². The van der Waals surface area contributed by atoms with E-state index in [9.17, 15) is 9.18 Å². The smallest absolute Gasteiger partial charge is 0.357 e. The van der Waals surface area contributed by atoms with Gasteiger partial charge in [-0.05, 0) is 29.8 Å². The third-order valence-corrected chi connectivity index (χ3v) is 2.64. The molecule has 0 radical (unpaired) electrons. The summed E-state index contributed by atoms with van der Waals surface area (Å²) in [5.41, 5.74) is 6.67. The van der Waals surface area contributed by atoms with Gasteiger partial charge >= 0.3 is 5.97 Å². The molecule has 98 valence electrons. The summed E-state index contributed by atoms with van der Waals surface area (Å²) in [6.45, 7) is -0.00904. The number of nitrogen functional groups attached to an aromatic ring is 1. The van der Waals surface area contributed by atoms with Gasteiger partial charge < -0.3 is 10.5 Å². The Kier molecular flexibility index (Phi) is 3.97. The molecule has 0 spiro atoms. The lowest BCUT2D eigenvalue weighted by atomic mass is 10.2. The molecule has 2 N–H and O–H groups in total. The number of hydrogen-bond acceptors (Lipinski definition) is 4. The Morgan fingerprint density at radius 2 is 2.16 bits per heavy atom. The molecule has 19 heavy (non-hydrogen) atoms. The number of nitrogens with zero attached hydrogens (tertiary/aromatic N) is 1. The van der Waals surface area contributed by atoms with Crippen LogP contribution in [0.1, 0.15) is 16.1 Å². The van der Waals surface area contributed by atoms with Crippen molar-refractivity contribution in [1.82, 2.24) is 4.98 Å². The van der Waals surface area contributed by atoms with Crippen molar-refractivity contribution < 1.29 is 13.9 Å². The molecule has 0 saturated carbocycles. The third-order valence-electron chi connectivity index (χ3n) is 2.35. The maximum Gasteiger partial charge on any atom is 0.357 e. The van der Waals surface area contributed by atoms with Crippen LogP contribution in [0.5, 0.6) is 0 Å². The van der Waals surface area contributed by atoms with Crippen LogP contribution in [0.15, 0.2) is 36.5 Å². The third kappa shape index (κ3) is 3.42. The maximum absolute atomic E-state index is 12.9. The standard InChI is InChI=1S/C13H10ClFN2O2/c14-10-5-8(1-3-11(10)15)7-19-13(18)12-4-2-9(16)6-17-12/h1-6H,7,16H2. The number of esters is 1. The number of aromatic nitrogens is 1. The predicted octanol–water partition coefficient (Wildman–Crippen LogP) is 2.81. The number of pyridine rings is 1. The van der Waals surface area contributed by atoms with Crippen LogP contribution in [-0.2, 0) is 11.3 Å². The molecule has 0 atom stereocenters. The Morgan fingerprint density at radius 1 is 1.37 bits per heavy atom. The number of anilines is 1. The minimum absolute atomic E-state index is 0.00904. The molecular formula is C13H10ClFN2O2. The van der Waals surface area contributed by atoms with Gasteiger partial charge in [0.25, 0.3) is 0 Å². The van der Waals surface area contributed by atoms with Gasteiger partial charge in [-0.3, -0.25) is 0 Å². The van der Waals surface area contributed by atoms with E-state index in [1.807, 2.05) is 0 Å². The van der Waals surface area contributed by atoms with Crippen LogP contribution in [0, 0.1) is 5.82 Å². The molecule has 2 aromatic rings. The molecule has 1 heterocycles. The number of ether oxygens (including phenoxy) is 1. The second-order valence-electron chi connectivity index (χ2n) is 3.80. The molecule has 2 rings (SSSR count). The number of nitrogens with two attached hydrogens (primary N) is 1. The van der Waals surface area contributed by atoms with Crippen molar-refractivity contribution in [2.75, 3.05) is 5.73 Å². The number of hydrogen-bond donors (Lipinski definition) is 1. The summed E-state index contributed by atoms with van der Waals surface area (Å²) in [5.74, 6) is -1.10.